The van der Waals surface area contributed by atoms with E-state index in [1.807, 2.05) is 18.3 Å². The fraction of sp³-hybridized carbons (Fsp3) is 0.688. The highest BCUT2D eigenvalue weighted by Crippen LogP contribution is 2.29. The van der Waals surface area contributed by atoms with Crippen molar-refractivity contribution in [3.8, 4) is 5.75 Å². The lowest BCUT2D eigenvalue weighted by Crippen LogP contribution is -2.42. The minimum absolute atomic E-state index is 0.614. The molecule has 112 valence electrons. The Morgan fingerprint density at radius 3 is 2.85 bits per heavy atom. The van der Waals surface area contributed by atoms with E-state index in [1.54, 1.807) is 7.11 Å². The third-order valence-corrected chi connectivity index (χ3v) is 4.23. The number of piperidine rings is 1. The second kappa shape index (κ2) is 7.48. The van der Waals surface area contributed by atoms with Crippen LogP contribution >= 0.6 is 0 Å². The first-order valence-electron chi connectivity index (χ1n) is 7.73. The number of rotatable bonds is 6. The third-order valence-electron chi connectivity index (χ3n) is 4.23. The number of hydrogen-bond donors (Lipinski definition) is 1. The van der Waals surface area contributed by atoms with E-state index in [1.165, 1.54) is 19.3 Å². The molecular weight excluding hydrogens is 250 g/mol. The van der Waals surface area contributed by atoms with Crippen molar-refractivity contribution in [2.24, 2.45) is 5.92 Å². The smallest absolute Gasteiger partial charge is 0.171 e. The maximum atomic E-state index is 5.41. The van der Waals surface area contributed by atoms with Gasteiger partial charge in [-0.2, -0.15) is 0 Å². The predicted molar refractivity (Wildman–Crippen MR) is 83.5 cm³/mol. The molecule has 1 fully saturated rings. The first kappa shape index (κ1) is 15.1. The van der Waals surface area contributed by atoms with Gasteiger partial charge in [-0.15, -0.1) is 0 Å². The Balaban J connectivity index is 1.90. The molecule has 0 aliphatic carbocycles. The number of hydrogen-bond acceptors (Lipinski definition) is 4. The standard InChI is InChI=1S/C16H27N3O/c1-4-9-17-13(2)14-7-11-19(12-8-14)16-15(20-3)6-5-10-18-16/h5-6,10,13-14,17H,4,7-9,11-12H2,1-3H3. The molecule has 1 aliphatic heterocycles. The van der Waals surface area contributed by atoms with Gasteiger partial charge in [0.05, 0.1) is 7.11 Å². The summed E-state index contributed by atoms with van der Waals surface area (Å²) in [6.45, 7) is 7.79. The average Bonchev–Trinajstić information content (AvgIpc) is 2.52. The van der Waals surface area contributed by atoms with Crippen LogP contribution in [0.25, 0.3) is 0 Å². The average molecular weight is 277 g/mol. The van der Waals surface area contributed by atoms with Gasteiger partial charge in [0, 0.05) is 25.3 Å². The minimum Gasteiger partial charge on any atom is -0.493 e. The van der Waals surface area contributed by atoms with Crippen molar-refractivity contribution in [2.45, 2.75) is 39.2 Å². The number of ether oxygens (including phenoxy) is 1. The summed E-state index contributed by atoms with van der Waals surface area (Å²) in [6, 6.07) is 4.52. The van der Waals surface area contributed by atoms with Gasteiger partial charge < -0.3 is 15.0 Å². The van der Waals surface area contributed by atoms with Gasteiger partial charge in [0.25, 0.3) is 0 Å². The number of pyridine rings is 1. The van der Waals surface area contributed by atoms with Crippen molar-refractivity contribution in [3.05, 3.63) is 18.3 Å². The zero-order valence-corrected chi connectivity index (χ0v) is 12.9. The quantitative estimate of drug-likeness (QED) is 0.867. The molecule has 1 N–H and O–H groups in total. The van der Waals surface area contributed by atoms with Crippen molar-refractivity contribution in [2.75, 3.05) is 31.6 Å². The Bertz CT molecular complexity index is 402. The van der Waals surface area contributed by atoms with Crippen LogP contribution in [0.3, 0.4) is 0 Å². The molecular formula is C16H27N3O. The lowest BCUT2D eigenvalue weighted by Gasteiger charge is -2.36. The fourth-order valence-electron chi connectivity index (χ4n) is 2.93. The predicted octanol–water partition coefficient (Wildman–Crippen LogP) is 2.69. The van der Waals surface area contributed by atoms with Crippen LogP contribution in [0.15, 0.2) is 18.3 Å². The molecule has 1 aromatic heterocycles. The van der Waals surface area contributed by atoms with E-state index in [9.17, 15) is 0 Å². The number of nitrogens with zero attached hydrogens (tertiary/aromatic N) is 2. The summed E-state index contributed by atoms with van der Waals surface area (Å²) in [5.41, 5.74) is 0. The first-order valence-corrected chi connectivity index (χ1v) is 7.73. The second-order valence-corrected chi connectivity index (χ2v) is 5.60. The normalized spacial score (nSPS) is 18.1. The van der Waals surface area contributed by atoms with Gasteiger partial charge >= 0.3 is 0 Å². The van der Waals surface area contributed by atoms with Crippen LogP contribution in [0.1, 0.15) is 33.1 Å². The van der Waals surface area contributed by atoms with Gasteiger partial charge in [-0.1, -0.05) is 6.92 Å². The van der Waals surface area contributed by atoms with Gasteiger partial charge in [0.15, 0.2) is 11.6 Å². The number of methoxy groups -OCH3 is 1. The zero-order valence-electron chi connectivity index (χ0n) is 12.9. The van der Waals surface area contributed by atoms with E-state index in [0.717, 1.165) is 37.1 Å². The Labute approximate surface area is 122 Å². The number of nitrogens with one attached hydrogen (secondary N) is 1. The highest BCUT2D eigenvalue weighted by atomic mass is 16.5. The van der Waals surface area contributed by atoms with Crippen molar-refractivity contribution >= 4 is 5.82 Å². The monoisotopic (exact) mass is 277 g/mol. The van der Waals surface area contributed by atoms with Crippen LogP contribution in [0.4, 0.5) is 5.82 Å². The highest BCUT2D eigenvalue weighted by Gasteiger charge is 2.25. The van der Waals surface area contributed by atoms with Crippen molar-refractivity contribution in [3.63, 3.8) is 0 Å². The van der Waals surface area contributed by atoms with Crippen LogP contribution in [0.5, 0.6) is 5.75 Å². The van der Waals surface area contributed by atoms with E-state index in [0.29, 0.717) is 6.04 Å². The maximum Gasteiger partial charge on any atom is 0.171 e. The number of aromatic nitrogens is 1. The third kappa shape index (κ3) is 3.63. The van der Waals surface area contributed by atoms with E-state index in [4.69, 9.17) is 4.74 Å². The van der Waals surface area contributed by atoms with Gasteiger partial charge in [-0.25, -0.2) is 4.98 Å². The van der Waals surface area contributed by atoms with Crippen LogP contribution in [-0.4, -0.2) is 37.8 Å². The maximum absolute atomic E-state index is 5.41. The van der Waals surface area contributed by atoms with Gasteiger partial charge in [0.2, 0.25) is 0 Å². The SMILES string of the molecule is CCCNC(C)C1CCN(c2ncccc2OC)CC1. The van der Waals surface area contributed by atoms with E-state index >= 15 is 0 Å². The molecule has 2 heterocycles. The van der Waals surface area contributed by atoms with Crippen molar-refractivity contribution < 1.29 is 4.74 Å². The molecule has 1 aromatic rings. The Kier molecular flexibility index (Phi) is 5.65. The van der Waals surface area contributed by atoms with Gasteiger partial charge in [0.1, 0.15) is 0 Å². The molecule has 0 saturated carbocycles. The Hall–Kier alpha value is -1.29. The van der Waals surface area contributed by atoms with E-state index in [2.05, 4.69) is 29.0 Å². The molecule has 1 unspecified atom stereocenters. The topological polar surface area (TPSA) is 37.4 Å². The molecule has 0 radical (unpaired) electrons. The molecule has 20 heavy (non-hydrogen) atoms. The molecule has 0 spiro atoms. The van der Waals surface area contributed by atoms with Crippen molar-refractivity contribution in [1.82, 2.24) is 10.3 Å². The molecule has 2 rings (SSSR count). The highest BCUT2D eigenvalue weighted by molar-refractivity contribution is 5.52. The summed E-state index contributed by atoms with van der Waals surface area (Å²) >= 11 is 0. The Morgan fingerprint density at radius 2 is 2.20 bits per heavy atom. The Morgan fingerprint density at radius 1 is 1.45 bits per heavy atom. The molecule has 4 nitrogen and oxygen atoms in total. The summed E-state index contributed by atoms with van der Waals surface area (Å²) in [6.07, 6.45) is 5.49. The van der Waals surface area contributed by atoms with E-state index in [-0.39, 0.29) is 0 Å². The molecule has 1 aliphatic rings. The lowest BCUT2D eigenvalue weighted by molar-refractivity contribution is 0.309. The van der Waals surface area contributed by atoms with Gasteiger partial charge in [-0.05, 0) is 50.8 Å². The molecule has 0 amide bonds. The van der Waals surface area contributed by atoms with Crippen LogP contribution < -0.4 is 15.0 Å². The zero-order chi connectivity index (χ0) is 14.4. The molecule has 4 heteroatoms. The molecule has 1 atom stereocenters. The summed E-state index contributed by atoms with van der Waals surface area (Å²) in [7, 11) is 1.71. The minimum atomic E-state index is 0.614. The van der Waals surface area contributed by atoms with Crippen LogP contribution in [0, 0.1) is 5.92 Å². The number of anilines is 1. The summed E-state index contributed by atoms with van der Waals surface area (Å²) in [4.78, 5) is 6.83. The molecule has 0 bridgehead atoms. The summed E-state index contributed by atoms with van der Waals surface area (Å²) in [5.74, 6) is 2.64. The largest absolute Gasteiger partial charge is 0.493 e. The van der Waals surface area contributed by atoms with Gasteiger partial charge in [-0.3, -0.25) is 0 Å². The fourth-order valence-corrected chi connectivity index (χ4v) is 2.93. The summed E-state index contributed by atoms with van der Waals surface area (Å²) in [5, 5.41) is 3.62. The van der Waals surface area contributed by atoms with Crippen LogP contribution in [-0.2, 0) is 0 Å². The van der Waals surface area contributed by atoms with E-state index < -0.39 is 0 Å². The lowest BCUT2D eigenvalue weighted by atomic mass is 9.90. The summed E-state index contributed by atoms with van der Waals surface area (Å²) < 4.78 is 5.41. The molecule has 1 saturated heterocycles. The van der Waals surface area contributed by atoms with Crippen LogP contribution in [0.2, 0.25) is 0 Å². The van der Waals surface area contributed by atoms with Crippen molar-refractivity contribution in [1.29, 1.82) is 0 Å². The first-order chi connectivity index (χ1) is 9.76. The second-order valence-electron chi connectivity index (χ2n) is 5.60. The molecule has 0 aromatic carbocycles.